The number of rotatable bonds is 4. The van der Waals surface area contributed by atoms with E-state index >= 15 is 0 Å². The van der Waals surface area contributed by atoms with E-state index in [1.807, 2.05) is 0 Å². The van der Waals surface area contributed by atoms with Gasteiger partial charge in [0.25, 0.3) is 0 Å². The molecular weight excluding hydrogens is 514 g/mol. The van der Waals surface area contributed by atoms with Gasteiger partial charge in [-0.1, -0.05) is 0 Å². The first-order chi connectivity index (χ1) is 12.0. The topological polar surface area (TPSA) is 0 Å². The summed E-state index contributed by atoms with van der Waals surface area (Å²) in [5.41, 5.74) is 10.9. The van der Waals surface area contributed by atoms with Crippen LogP contribution in [0.5, 0.6) is 0 Å². The first-order valence-corrected chi connectivity index (χ1v) is 20.4. The predicted octanol–water partition coefficient (Wildman–Crippen LogP) is 7.54. The molecule has 2 unspecified atom stereocenters. The van der Waals surface area contributed by atoms with Gasteiger partial charge in [-0.15, -0.1) is 0 Å². The maximum atomic E-state index is 6.70. The van der Waals surface area contributed by atoms with Gasteiger partial charge in [0.15, 0.2) is 0 Å². The van der Waals surface area contributed by atoms with Gasteiger partial charge in [0.2, 0.25) is 0 Å². The molecule has 0 N–H and O–H groups in total. The molecule has 4 aliphatic carbocycles. The second kappa shape index (κ2) is 7.13. The van der Waals surface area contributed by atoms with Crippen molar-refractivity contribution in [2.24, 2.45) is 11.8 Å². The zero-order valence-corrected chi connectivity index (χ0v) is 20.3. The molecule has 2 atom stereocenters. The van der Waals surface area contributed by atoms with Gasteiger partial charge < -0.3 is 0 Å². The molecule has 0 aliphatic heterocycles. The predicted molar refractivity (Wildman–Crippen MR) is 105 cm³/mol. The van der Waals surface area contributed by atoms with Crippen LogP contribution in [-0.2, 0) is 19.1 Å². The molecule has 0 radical (unpaired) electrons. The molecule has 25 heavy (non-hydrogen) atoms. The van der Waals surface area contributed by atoms with Gasteiger partial charge in [0.1, 0.15) is 0 Å². The minimum atomic E-state index is -2.59. The van der Waals surface area contributed by atoms with Crippen LogP contribution in [0.2, 0.25) is 3.67 Å². The van der Waals surface area contributed by atoms with Crippen molar-refractivity contribution in [2.75, 3.05) is 0 Å². The van der Waals surface area contributed by atoms with E-state index < -0.39 is 19.1 Å². The molecule has 1 saturated carbocycles. The molecule has 131 valence electrons. The second-order valence-electron chi connectivity index (χ2n) is 7.77. The maximum absolute atomic E-state index is 6.70. The van der Waals surface area contributed by atoms with Crippen LogP contribution in [0.3, 0.4) is 0 Å². The zero-order chi connectivity index (χ0) is 17.7. The monoisotopic (exact) mass is 539 g/mol. The van der Waals surface area contributed by atoms with Gasteiger partial charge in [-0.25, -0.2) is 0 Å². The van der Waals surface area contributed by atoms with Crippen molar-refractivity contribution in [3.8, 4) is 0 Å². The van der Waals surface area contributed by atoms with Crippen molar-refractivity contribution in [1.29, 1.82) is 0 Å². The molecule has 0 spiro atoms. The summed E-state index contributed by atoms with van der Waals surface area (Å²) >= 11 is -2.59. The number of hydrogen-bond donors (Lipinski definition) is 0. The molecule has 0 aromatic rings. The zero-order valence-electron chi connectivity index (χ0n) is 15.2. The van der Waals surface area contributed by atoms with Crippen molar-refractivity contribution < 1.29 is 19.1 Å². The molecule has 4 aliphatic rings. The molecule has 0 saturated heterocycles. The van der Waals surface area contributed by atoms with E-state index in [1.54, 1.807) is 22.3 Å². The van der Waals surface area contributed by atoms with E-state index in [4.69, 9.17) is 17.2 Å². The molecule has 0 heterocycles. The number of hydrogen-bond acceptors (Lipinski definition) is 0. The van der Waals surface area contributed by atoms with Crippen LogP contribution in [0.4, 0.5) is 0 Å². The van der Waals surface area contributed by atoms with Gasteiger partial charge in [0.05, 0.1) is 0 Å². The van der Waals surface area contributed by atoms with E-state index in [0.29, 0.717) is 15.5 Å². The Labute approximate surface area is 166 Å². The van der Waals surface area contributed by atoms with E-state index in [0.717, 1.165) is 12.8 Å². The third-order valence-corrected chi connectivity index (χ3v) is 13.7. The first-order valence-electron chi connectivity index (χ1n) is 9.45. The number of fused-ring (bicyclic) bond motifs is 1. The SMILES string of the molecule is CCC1=C2CCC3=C(C4=CC=CC4)C=CC(=C2C3C(C)C)[CH]1[Hf]([Cl])[Cl]. The van der Waals surface area contributed by atoms with Gasteiger partial charge in [0, 0.05) is 0 Å². The van der Waals surface area contributed by atoms with Crippen LogP contribution in [-0.4, -0.2) is 0 Å². The van der Waals surface area contributed by atoms with Crippen molar-refractivity contribution >= 4 is 17.2 Å². The minimum absolute atomic E-state index is 0.384. The van der Waals surface area contributed by atoms with Crippen LogP contribution in [0, 0.1) is 11.8 Å². The first kappa shape index (κ1) is 18.3. The average Bonchev–Trinajstić information content (AvgIpc) is 3.19. The Morgan fingerprint density at radius 3 is 2.60 bits per heavy atom. The van der Waals surface area contributed by atoms with Crippen molar-refractivity contribution in [2.45, 2.75) is 50.1 Å². The molecule has 3 heteroatoms. The fourth-order valence-electron chi connectivity index (χ4n) is 5.25. The number of halogens is 2. The normalized spacial score (nSPS) is 27.7. The summed E-state index contributed by atoms with van der Waals surface area (Å²) in [6.45, 7) is 7.04. The summed E-state index contributed by atoms with van der Waals surface area (Å²) in [6.07, 6.45) is 16.1. The van der Waals surface area contributed by atoms with Gasteiger partial charge >= 0.3 is 168 Å². The van der Waals surface area contributed by atoms with E-state index in [2.05, 4.69) is 51.2 Å². The third-order valence-electron chi connectivity index (χ3n) is 6.17. The third kappa shape index (κ3) is 2.89. The molecule has 0 aromatic heterocycles. The Balaban J connectivity index is 1.92. The van der Waals surface area contributed by atoms with Gasteiger partial charge in [-0.05, 0) is 0 Å². The second-order valence-corrected chi connectivity index (χ2v) is 20.2. The molecule has 4 rings (SSSR count). The average molecular weight is 539 g/mol. The van der Waals surface area contributed by atoms with Crippen molar-refractivity contribution in [3.63, 3.8) is 0 Å². The molecule has 0 aromatic carbocycles. The van der Waals surface area contributed by atoms with Crippen LogP contribution in [0.1, 0.15) is 46.5 Å². The Kier molecular flexibility index (Phi) is 5.21. The molecule has 1 fully saturated rings. The van der Waals surface area contributed by atoms with Crippen LogP contribution < -0.4 is 0 Å². The van der Waals surface area contributed by atoms with E-state index in [-0.39, 0.29) is 0 Å². The van der Waals surface area contributed by atoms with Crippen LogP contribution in [0.15, 0.2) is 69.4 Å². The summed E-state index contributed by atoms with van der Waals surface area (Å²) in [4.78, 5) is 0. The van der Waals surface area contributed by atoms with Crippen molar-refractivity contribution in [3.05, 3.63) is 69.4 Å². The Hall–Kier alpha value is -0.110. The summed E-state index contributed by atoms with van der Waals surface area (Å²) in [5.74, 6) is 1.15. The quantitative estimate of drug-likeness (QED) is 0.325. The Morgan fingerprint density at radius 2 is 2.00 bits per heavy atom. The van der Waals surface area contributed by atoms with Crippen LogP contribution in [0.25, 0.3) is 0 Å². The fraction of sp³-hybridized carbons (Fsp3) is 0.455. The summed E-state index contributed by atoms with van der Waals surface area (Å²) in [5, 5.41) is 0. The standard InChI is InChI=1S/C22H25.2ClH.Hf/c1-4-15-13-17-9-10-18(16-7-5-6-8-16)20-12-11-19(15)22(17)21(20)14(2)3;;;/h5-7,9-10,13-14,21H,4,8,11-12H2,1-3H3;2*1H;/q;;;+2/p-2. The Morgan fingerprint density at radius 1 is 1.20 bits per heavy atom. The Bertz CT molecular complexity index is 787. The molecule has 2 bridgehead atoms. The van der Waals surface area contributed by atoms with Crippen LogP contribution >= 0.6 is 17.2 Å². The van der Waals surface area contributed by atoms with E-state index in [1.165, 1.54) is 29.6 Å². The molecular formula is C22H25Cl2Hf. The van der Waals surface area contributed by atoms with Gasteiger partial charge in [-0.2, -0.15) is 0 Å². The van der Waals surface area contributed by atoms with Crippen molar-refractivity contribution in [1.82, 2.24) is 0 Å². The van der Waals surface area contributed by atoms with Gasteiger partial charge in [-0.3, -0.25) is 0 Å². The summed E-state index contributed by atoms with van der Waals surface area (Å²) < 4.78 is 0.384. The fourth-order valence-corrected chi connectivity index (χ4v) is 13.4. The number of allylic oxidation sites excluding steroid dienone is 12. The molecule has 0 nitrogen and oxygen atoms in total. The van der Waals surface area contributed by atoms with E-state index in [9.17, 15) is 0 Å². The summed E-state index contributed by atoms with van der Waals surface area (Å²) in [7, 11) is 13.4. The molecule has 0 amide bonds. The summed E-state index contributed by atoms with van der Waals surface area (Å²) in [6, 6.07) is 0.